The van der Waals surface area contributed by atoms with E-state index >= 15 is 0 Å². The van der Waals surface area contributed by atoms with Crippen molar-refractivity contribution in [2.24, 2.45) is 0 Å². The molecule has 0 heterocycles. The van der Waals surface area contributed by atoms with Gasteiger partial charge in [0.2, 0.25) is 0 Å². The lowest BCUT2D eigenvalue weighted by molar-refractivity contribution is 0.128. The Morgan fingerprint density at radius 3 is 1.85 bits per heavy atom. The van der Waals surface area contributed by atoms with Crippen LogP contribution >= 0.6 is 23.2 Å². The fraction of sp³-hybridized carbons (Fsp3) is 0.455. The van der Waals surface area contributed by atoms with Crippen LogP contribution in [0.3, 0.4) is 0 Å². The molecule has 0 unspecified atom stereocenters. The molecule has 0 saturated heterocycles. The SMILES string of the molecule is CCCCCCCCN[C@H](c1ccc(Cl)cc1)[C@@H](O)c1ccc(Cl)cc1. The minimum Gasteiger partial charge on any atom is -0.386 e. The largest absolute Gasteiger partial charge is 0.386 e. The van der Waals surface area contributed by atoms with Crippen molar-refractivity contribution in [3.8, 4) is 0 Å². The molecule has 2 nitrogen and oxygen atoms in total. The summed E-state index contributed by atoms with van der Waals surface area (Å²) in [4.78, 5) is 0. The molecule has 0 aliphatic carbocycles. The first-order valence-electron chi connectivity index (χ1n) is 9.54. The number of hydrogen-bond acceptors (Lipinski definition) is 2. The molecule has 4 heteroatoms. The molecule has 26 heavy (non-hydrogen) atoms. The summed E-state index contributed by atoms with van der Waals surface area (Å²) in [6.45, 7) is 3.11. The smallest absolute Gasteiger partial charge is 0.0984 e. The maximum atomic E-state index is 10.9. The van der Waals surface area contributed by atoms with E-state index in [4.69, 9.17) is 23.2 Å². The lowest BCUT2D eigenvalue weighted by Gasteiger charge is -2.25. The Balaban J connectivity index is 1.99. The van der Waals surface area contributed by atoms with Gasteiger partial charge in [-0.25, -0.2) is 0 Å². The zero-order valence-electron chi connectivity index (χ0n) is 15.4. The molecule has 0 spiro atoms. The van der Waals surface area contributed by atoms with Gasteiger partial charge in [-0.3, -0.25) is 0 Å². The van der Waals surface area contributed by atoms with Crippen molar-refractivity contribution in [1.29, 1.82) is 0 Å². The molecule has 0 fully saturated rings. The van der Waals surface area contributed by atoms with Gasteiger partial charge < -0.3 is 10.4 Å². The van der Waals surface area contributed by atoms with Crippen LogP contribution in [0.1, 0.15) is 68.7 Å². The van der Waals surface area contributed by atoms with E-state index in [1.54, 1.807) is 0 Å². The molecule has 2 atom stereocenters. The Morgan fingerprint density at radius 2 is 1.27 bits per heavy atom. The summed E-state index contributed by atoms with van der Waals surface area (Å²) in [5.41, 5.74) is 1.88. The molecule has 0 aliphatic heterocycles. The highest BCUT2D eigenvalue weighted by Crippen LogP contribution is 2.30. The predicted octanol–water partition coefficient (Wildman–Crippen LogP) is 6.72. The number of aliphatic hydroxyl groups excluding tert-OH is 1. The van der Waals surface area contributed by atoms with Crippen LogP contribution < -0.4 is 5.32 Å². The number of aliphatic hydroxyl groups is 1. The number of nitrogens with one attached hydrogen (secondary N) is 1. The molecule has 0 radical (unpaired) electrons. The monoisotopic (exact) mass is 393 g/mol. The third-order valence-electron chi connectivity index (χ3n) is 4.65. The average Bonchev–Trinajstić information content (AvgIpc) is 2.65. The number of rotatable bonds is 11. The van der Waals surface area contributed by atoms with Gasteiger partial charge in [0.05, 0.1) is 12.1 Å². The van der Waals surface area contributed by atoms with E-state index in [1.807, 2.05) is 48.5 Å². The standard InChI is InChI=1S/C22H29Cl2NO/c1-2-3-4-5-6-7-16-25-21(17-8-12-19(23)13-9-17)22(26)18-10-14-20(24)15-11-18/h8-15,21-22,25-26H,2-7,16H2,1H3/t21-,22+/m1/s1. The van der Waals surface area contributed by atoms with Crippen molar-refractivity contribution in [2.75, 3.05) is 6.54 Å². The van der Waals surface area contributed by atoms with Crippen LogP contribution in [-0.4, -0.2) is 11.7 Å². The lowest BCUT2D eigenvalue weighted by Crippen LogP contribution is -2.28. The molecule has 2 rings (SSSR count). The highest BCUT2D eigenvalue weighted by atomic mass is 35.5. The topological polar surface area (TPSA) is 32.3 Å². The van der Waals surface area contributed by atoms with E-state index in [1.165, 1.54) is 32.1 Å². The minimum atomic E-state index is -0.645. The fourth-order valence-electron chi connectivity index (χ4n) is 3.10. The summed E-state index contributed by atoms with van der Waals surface area (Å²) >= 11 is 12.0. The Morgan fingerprint density at radius 1 is 0.769 bits per heavy atom. The molecule has 0 aromatic heterocycles. The van der Waals surface area contributed by atoms with Gasteiger partial charge in [-0.2, -0.15) is 0 Å². The third kappa shape index (κ3) is 6.92. The van der Waals surface area contributed by atoms with Crippen LogP contribution in [0.4, 0.5) is 0 Å². The van der Waals surface area contributed by atoms with Crippen LogP contribution in [0.25, 0.3) is 0 Å². The van der Waals surface area contributed by atoms with E-state index < -0.39 is 6.10 Å². The van der Waals surface area contributed by atoms with Crippen LogP contribution in [0.2, 0.25) is 10.0 Å². The second-order valence-corrected chi connectivity index (χ2v) is 7.62. The molecule has 2 aromatic carbocycles. The summed E-state index contributed by atoms with van der Waals surface area (Å²) < 4.78 is 0. The molecule has 2 aromatic rings. The fourth-order valence-corrected chi connectivity index (χ4v) is 3.35. The molecule has 0 saturated carbocycles. The maximum Gasteiger partial charge on any atom is 0.0984 e. The molecule has 0 aliphatic rings. The van der Waals surface area contributed by atoms with Crippen molar-refractivity contribution >= 4 is 23.2 Å². The van der Waals surface area contributed by atoms with Crippen LogP contribution in [0.5, 0.6) is 0 Å². The summed E-state index contributed by atoms with van der Waals surface area (Å²) in [6, 6.07) is 14.9. The third-order valence-corrected chi connectivity index (χ3v) is 5.15. The normalized spacial score (nSPS) is 13.5. The first kappa shape index (κ1) is 21.2. The zero-order valence-corrected chi connectivity index (χ0v) is 16.9. The van der Waals surface area contributed by atoms with Gasteiger partial charge in [0.15, 0.2) is 0 Å². The van der Waals surface area contributed by atoms with Crippen molar-refractivity contribution in [3.05, 3.63) is 69.7 Å². The second-order valence-electron chi connectivity index (χ2n) is 6.75. The van der Waals surface area contributed by atoms with E-state index in [0.29, 0.717) is 10.0 Å². The van der Waals surface area contributed by atoms with E-state index in [9.17, 15) is 5.11 Å². The van der Waals surface area contributed by atoms with Crippen LogP contribution in [-0.2, 0) is 0 Å². The summed E-state index contributed by atoms with van der Waals surface area (Å²) in [5.74, 6) is 0. The van der Waals surface area contributed by atoms with Crippen molar-refractivity contribution in [3.63, 3.8) is 0 Å². The quantitative estimate of drug-likeness (QED) is 0.415. The number of benzene rings is 2. The minimum absolute atomic E-state index is 0.177. The van der Waals surface area contributed by atoms with Crippen LogP contribution in [0.15, 0.2) is 48.5 Å². The molecule has 142 valence electrons. The summed E-state index contributed by atoms with van der Waals surface area (Å²) in [5, 5.41) is 15.8. The number of halogens is 2. The predicted molar refractivity (Wildman–Crippen MR) is 112 cm³/mol. The van der Waals surface area contributed by atoms with Gasteiger partial charge in [0.1, 0.15) is 0 Å². The molecule has 2 N–H and O–H groups in total. The van der Waals surface area contributed by atoms with E-state index in [2.05, 4.69) is 12.2 Å². The van der Waals surface area contributed by atoms with Gasteiger partial charge in [0.25, 0.3) is 0 Å². The first-order valence-corrected chi connectivity index (χ1v) is 10.3. The summed E-state index contributed by atoms with van der Waals surface area (Å²) in [7, 11) is 0. The Kier molecular flexibility index (Phi) is 9.49. The Bertz CT molecular complexity index is 628. The molecule has 0 amide bonds. The second kappa shape index (κ2) is 11.6. The highest BCUT2D eigenvalue weighted by molar-refractivity contribution is 6.30. The lowest BCUT2D eigenvalue weighted by atomic mass is 9.95. The first-order chi connectivity index (χ1) is 12.6. The zero-order chi connectivity index (χ0) is 18.8. The van der Waals surface area contributed by atoms with Gasteiger partial charge in [-0.1, -0.05) is 86.5 Å². The molecule has 0 bridgehead atoms. The van der Waals surface area contributed by atoms with Crippen molar-refractivity contribution in [2.45, 2.75) is 57.6 Å². The number of hydrogen-bond donors (Lipinski definition) is 2. The highest BCUT2D eigenvalue weighted by Gasteiger charge is 2.22. The molecular weight excluding hydrogens is 365 g/mol. The van der Waals surface area contributed by atoms with Gasteiger partial charge >= 0.3 is 0 Å². The van der Waals surface area contributed by atoms with E-state index in [-0.39, 0.29) is 6.04 Å². The maximum absolute atomic E-state index is 10.9. The van der Waals surface area contributed by atoms with E-state index in [0.717, 1.165) is 24.1 Å². The van der Waals surface area contributed by atoms with Gasteiger partial charge in [0, 0.05) is 10.0 Å². The summed E-state index contributed by atoms with van der Waals surface area (Å²) in [6.07, 6.45) is 6.86. The Labute approximate surface area is 167 Å². The van der Waals surface area contributed by atoms with Crippen molar-refractivity contribution in [1.82, 2.24) is 5.32 Å². The van der Waals surface area contributed by atoms with Gasteiger partial charge in [-0.05, 0) is 48.4 Å². The number of unbranched alkanes of at least 4 members (excludes halogenated alkanes) is 5. The average molecular weight is 394 g/mol. The Hall–Kier alpha value is -1.06. The van der Waals surface area contributed by atoms with Gasteiger partial charge in [-0.15, -0.1) is 0 Å². The molecular formula is C22H29Cl2NO. The van der Waals surface area contributed by atoms with Crippen molar-refractivity contribution < 1.29 is 5.11 Å². The van der Waals surface area contributed by atoms with Crippen LogP contribution in [0, 0.1) is 0 Å².